The van der Waals surface area contributed by atoms with Gasteiger partial charge >= 0.3 is 11.9 Å². The summed E-state index contributed by atoms with van der Waals surface area (Å²) in [4.78, 5) is 25.3. The number of rotatable bonds is 37. The molecule has 0 amide bonds. The second-order valence-electron chi connectivity index (χ2n) is 15.7. The maximum absolute atomic E-state index is 12.8. The number of ether oxygens (including phenoxy) is 4. The first-order valence-electron chi connectivity index (χ1n) is 22.1. The highest BCUT2D eigenvalue weighted by Crippen LogP contribution is 2.24. The minimum atomic E-state index is -4.59. The molecule has 1 aliphatic rings. The highest BCUT2D eigenvalue weighted by Gasteiger charge is 2.46. The molecule has 1 aliphatic heterocycles. The third-order valence-electron chi connectivity index (χ3n) is 10.4. The average molecular weight is 809 g/mol. The lowest BCUT2D eigenvalue weighted by Crippen LogP contribution is -2.60. The first-order valence-corrected chi connectivity index (χ1v) is 23.7. The van der Waals surface area contributed by atoms with Gasteiger partial charge in [0, 0.05) is 12.8 Å². The van der Waals surface area contributed by atoms with Gasteiger partial charge in [-0.05, 0) is 12.8 Å². The molecule has 1 heterocycles. The molecular formula is C42H80O12S. The Hall–Kier alpha value is -1.35. The second kappa shape index (κ2) is 33.6. The van der Waals surface area contributed by atoms with Crippen LogP contribution in [0.1, 0.15) is 200 Å². The lowest BCUT2D eigenvalue weighted by Gasteiger charge is -2.40. The highest BCUT2D eigenvalue weighted by atomic mass is 32.2. The monoisotopic (exact) mass is 809 g/mol. The molecular weight excluding hydrogens is 729 g/mol. The molecule has 0 aromatic carbocycles. The molecule has 1 rings (SSSR count). The van der Waals surface area contributed by atoms with Gasteiger partial charge in [-0.1, -0.05) is 174 Å². The van der Waals surface area contributed by atoms with Crippen LogP contribution >= 0.6 is 0 Å². The van der Waals surface area contributed by atoms with Crippen molar-refractivity contribution in [1.82, 2.24) is 0 Å². The van der Waals surface area contributed by atoms with E-state index >= 15 is 0 Å². The van der Waals surface area contributed by atoms with Crippen molar-refractivity contribution in [2.75, 3.05) is 19.0 Å². The van der Waals surface area contributed by atoms with Gasteiger partial charge in [-0.3, -0.25) is 14.1 Å². The van der Waals surface area contributed by atoms with Crippen molar-refractivity contribution in [1.29, 1.82) is 0 Å². The van der Waals surface area contributed by atoms with Crippen LogP contribution in [0.5, 0.6) is 0 Å². The number of esters is 2. The molecule has 0 aliphatic carbocycles. The first-order chi connectivity index (χ1) is 26.5. The third kappa shape index (κ3) is 28.7. The predicted octanol–water partition coefficient (Wildman–Crippen LogP) is 8.51. The molecule has 12 nitrogen and oxygen atoms in total. The number of aliphatic hydroxyl groups is 3. The van der Waals surface area contributed by atoms with Crippen molar-refractivity contribution < 1.29 is 56.8 Å². The number of hydrogen-bond donors (Lipinski definition) is 4. The van der Waals surface area contributed by atoms with E-state index in [2.05, 4.69) is 13.8 Å². The van der Waals surface area contributed by atoms with E-state index in [1.54, 1.807) is 0 Å². The molecule has 6 atom stereocenters. The molecule has 0 spiro atoms. The van der Waals surface area contributed by atoms with E-state index in [1.165, 1.54) is 122 Å². The Morgan fingerprint density at radius 1 is 0.545 bits per heavy atom. The molecule has 326 valence electrons. The lowest BCUT2D eigenvalue weighted by molar-refractivity contribution is -0.297. The minimum Gasteiger partial charge on any atom is -0.462 e. The van der Waals surface area contributed by atoms with Crippen molar-refractivity contribution in [2.24, 2.45) is 0 Å². The van der Waals surface area contributed by atoms with E-state index in [4.69, 9.17) is 18.9 Å². The molecule has 13 heteroatoms. The fraction of sp³-hybridized carbons (Fsp3) is 0.952. The molecule has 4 N–H and O–H groups in total. The third-order valence-corrected chi connectivity index (χ3v) is 11.2. The van der Waals surface area contributed by atoms with E-state index in [-0.39, 0.29) is 19.4 Å². The summed E-state index contributed by atoms with van der Waals surface area (Å²) in [5, 5.41) is 30.8. The predicted molar refractivity (Wildman–Crippen MR) is 215 cm³/mol. The van der Waals surface area contributed by atoms with Crippen molar-refractivity contribution in [3.8, 4) is 0 Å². The summed E-state index contributed by atoms with van der Waals surface area (Å²) < 4.78 is 54.0. The van der Waals surface area contributed by atoms with Gasteiger partial charge in [0.2, 0.25) is 0 Å². The van der Waals surface area contributed by atoms with Gasteiger partial charge in [-0.15, -0.1) is 0 Å². The van der Waals surface area contributed by atoms with Gasteiger partial charge in [-0.25, -0.2) is 0 Å². The van der Waals surface area contributed by atoms with E-state index < -0.39 is 71.2 Å². The Bertz CT molecular complexity index is 1040. The van der Waals surface area contributed by atoms with Crippen LogP contribution in [0.15, 0.2) is 0 Å². The van der Waals surface area contributed by atoms with Gasteiger partial charge in [0.05, 0.1) is 6.61 Å². The van der Waals surface area contributed by atoms with Gasteiger partial charge in [0.1, 0.15) is 36.8 Å². The summed E-state index contributed by atoms with van der Waals surface area (Å²) in [5.41, 5.74) is 0. The van der Waals surface area contributed by atoms with Crippen molar-refractivity contribution >= 4 is 22.1 Å². The number of carbonyl (C=O) groups is 2. The molecule has 55 heavy (non-hydrogen) atoms. The normalized spacial score (nSPS) is 20.7. The van der Waals surface area contributed by atoms with Crippen LogP contribution in [0.3, 0.4) is 0 Å². The summed E-state index contributed by atoms with van der Waals surface area (Å²) in [6.45, 7) is 3.77. The zero-order valence-electron chi connectivity index (χ0n) is 34.6. The highest BCUT2D eigenvalue weighted by molar-refractivity contribution is 7.85. The summed E-state index contributed by atoms with van der Waals surface area (Å²) in [6.07, 6.45) is 22.9. The van der Waals surface area contributed by atoms with Crippen LogP contribution in [0.2, 0.25) is 0 Å². The largest absolute Gasteiger partial charge is 0.462 e. The summed E-state index contributed by atoms with van der Waals surface area (Å²) in [6, 6.07) is 0. The maximum Gasteiger partial charge on any atom is 0.306 e. The lowest BCUT2D eigenvalue weighted by atomic mass is 10.00. The number of carbonyl (C=O) groups excluding carboxylic acids is 2. The maximum atomic E-state index is 12.8. The molecule has 1 fully saturated rings. The van der Waals surface area contributed by atoms with Gasteiger partial charge in [0.15, 0.2) is 12.4 Å². The zero-order chi connectivity index (χ0) is 40.6. The van der Waals surface area contributed by atoms with Gasteiger partial charge in [0.25, 0.3) is 10.1 Å². The van der Waals surface area contributed by atoms with E-state index in [1.807, 2.05) is 0 Å². The molecule has 0 saturated carbocycles. The topological polar surface area (TPSA) is 186 Å². The van der Waals surface area contributed by atoms with Gasteiger partial charge < -0.3 is 34.3 Å². The van der Waals surface area contributed by atoms with Crippen LogP contribution in [0.25, 0.3) is 0 Å². The zero-order valence-corrected chi connectivity index (χ0v) is 35.4. The van der Waals surface area contributed by atoms with Crippen LogP contribution in [0, 0.1) is 0 Å². The van der Waals surface area contributed by atoms with Crippen molar-refractivity contribution in [3.63, 3.8) is 0 Å². The molecule has 0 aromatic rings. The van der Waals surface area contributed by atoms with E-state index in [0.29, 0.717) is 12.8 Å². The van der Waals surface area contributed by atoms with Gasteiger partial charge in [-0.2, -0.15) is 8.42 Å². The summed E-state index contributed by atoms with van der Waals surface area (Å²) in [7, 11) is -4.59. The Balaban J connectivity index is 2.45. The molecule has 0 bridgehead atoms. The number of hydrogen-bond acceptors (Lipinski definition) is 11. The summed E-state index contributed by atoms with van der Waals surface area (Å²) in [5.74, 6) is -1.96. The fourth-order valence-electron chi connectivity index (χ4n) is 6.97. The van der Waals surface area contributed by atoms with Crippen LogP contribution in [-0.2, 0) is 38.7 Å². The molecule has 0 aromatic heterocycles. The SMILES string of the molecule is CCCCCCCCCCCCCCCCC(=O)O[C@H](COC(=O)CCCCCCCCCCCCCCC)CO[C@H]1O[C@H](CS(=O)(=O)O)[C@@H](O)C(O)C1O. The van der Waals surface area contributed by atoms with E-state index in [0.717, 1.165) is 38.5 Å². The Morgan fingerprint density at radius 2 is 0.927 bits per heavy atom. The van der Waals surface area contributed by atoms with Crippen molar-refractivity contribution in [3.05, 3.63) is 0 Å². The Labute approximate surface area is 333 Å². The average Bonchev–Trinajstić information content (AvgIpc) is 3.14. The summed E-state index contributed by atoms with van der Waals surface area (Å²) >= 11 is 0. The quantitative estimate of drug-likeness (QED) is 0.0267. The Morgan fingerprint density at radius 3 is 1.33 bits per heavy atom. The second-order valence-corrected chi connectivity index (χ2v) is 17.2. The molecule has 1 saturated heterocycles. The Kier molecular flexibility index (Phi) is 31.6. The standard InChI is InChI=1S/C42H80O12S/c1-3-5-7-9-11-13-15-17-19-21-23-25-27-29-31-38(44)53-35(33-52-42-41(47)40(46)39(45)36(54-42)34-55(48,49)50)32-51-37(43)30-28-26-24-22-20-18-16-14-12-10-8-6-4-2/h35-36,39-42,45-47H,3-34H2,1-2H3,(H,48,49,50)/t35-,36-,39-,40?,41?,42+/m1/s1. The van der Waals surface area contributed by atoms with Crippen molar-refractivity contribution in [2.45, 2.75) is 237 Å². The molecule has 2 unspecified atom stereocenters. The van der Waals surface area contributed by atoms with Crippen LogP contribution < -0.4 is 0 Å². The number of unbranched alkanes of at least 4 members (excludes halogenated alkanes) is 25. The fourth-order valence-corrected chi connectivity index (χ4v) is 7.66. The van der Waals surface area contributed by atoms with Crippen LogP contribution in [-0.4, -0.2) is 96.0 Å². The van der Waals surface area contributed by atoms with Crippen LogP contribution in [0.4, 0.5) is 0 Å². The molecule has 0 radical (unpaired) electrons. The van der Waals surface area contributed by atoms with E-state index in [9.17, 15) is 37.9 Å². The first kappa shape index (κ1) is 51.7. The smallest absolute Gasteiger partial charge is 0.306 e. The minimum absolute atomic E-state index is 0.172. The number of aliphatic hydroxyl groups excluding tert-OH is 3.